The number of rotatable bonds is 10. The zero-order valence-corrected chi connectivity index (χ0v) is 22.9. The Bertz CT molecular complexity index is 1260. The maximum absolute atomic E-state index is 13.6. The summed E-state index contributed by atoms with van der Waals surface area (Å²) in [5.74, 6) is -1.07. The Labute approximate surface area is 231 Å². The molecule has 0 fully saturated rings. The Hall–Kier alpha value is -3.01. The Kier molecular flexibility index (Phi) is 8.79. The van der Waals surface area contributed by atoms with Crippen molar-refractivity contribution >= 4 is 40.1 Å². The highest BCUT2D eigenvalue weighted by molar-refractivity contribution is 14.1. The first kappa shape index (κ1) is 27.0. The normalized spacial score (nSPS) is 17.7. The van der Waals surface area contributed by atoms with Crippen molar-refractivity contribution in [3.63, 3.8) is 0 Å². The number of aliphatic hydroxyl groups excluding tert-OH is 1. The van der Waals surface area contributed by atoms with Crippen molar-refractivity contribution in [2.75, 3.05) is 18.1 Å². The highest BCUT2D eigenvalue weighted by atomic mass is 127. The first-order chi connectivity index (χ1) is 17.8. The smallest absolute Gasteiger partial charge is 0.264 e. The number of halogens is 1. The lowest BCUT2D eigenvalue weighted by Gasteiger charge is -2.28. The number of carbonyl (C=O) groups is 2. The number of hydrogen-bond donors (Lipinski definition) is 2. The molecular formula is C30H31IN2O4. The lowest BCUT2D eigenvalue weighted by Crippen LogP contribution is -2.44. The van der Waals surface area contributed by atoms with Crippen LogP contribution in [0.3, 0.4) is 0 Å². The van der Waals surface area contributed by atoms with Crippen LogP contribution >= 0.6 is 22.6 Å². The number of para-hydroxylation sites is 1. The van der Waals surface area contributed by atoms with E-state index >= 15 is 0 Å². The van der Waals surface area contributed by atoms with E-state index in [9.17, 15) is 19.8 Å². The minimum Gasteiger partial charge on any atom is -0.395 e. The second-order valence-electron chi connectivity index (χ2n) is 9.25. The van der Waals surface area contributed by atoms with Crippen LogP contribution in [0.5, 0.6) is 0 Å². The molecule has 0 unspecified atom stereocenters. The van der Waals surface area contributed by atoms with Gasteiger partial charge in [0.25, 0.3) is 5.91 Å². The molecule has 7 heteroatoms. The maximum atomic E-state index is 13.6. The Balaban J connectivity index is 1.49. The van der Waals surface area contributed by atoms with E-state index in [2.05, 4.69) is 22.6 Å². The molecule has 0 aliphatic carbocycles. The summed E-state index contributed by atoms with van der Waals surface area (Å²) in [6.45, 7) is 2.67. The van der Waals surface area contributed by atoms with E-state index in [0.29, 0.717) is 24.3 Å². The third kappa shape index (κ3) is 5.95. The van der Waals surface area contributed by atoms with Crippen molar-refractivity contribution in [1.82, 2.24) is 4.90 Å². The average Bonchev–Trinajstić information content (AvgIpc) is 3.13. The van der Waals surface area contributed by atoms with E-state index in [1.807, 2.05) is 72.8 Å². The summed E-state index contributed by atoms with van der Waals surface area (Å²) in [5, 5.41) is 21.2. The van der Waals surface area contributed by atoms with Gasteiger partial charge in [-0.1, -0.05) is 79.7 Å². The molecule has 0 saturated carbocycles. The van der Waals surface area contributed by atoms with Crippen LogP contribution < -0.4 is 4.90 Å². The molecule has 192 valence electrons. The number of hydrogen-bond acceptors (Lipinski definition) is 4. The SMILES string of the molecule is C[C@@H](/C=C/CC(=O)N(CCO)Cc1ccccc1)[C@]1(O)C(=O)N(Cc2ccc(I)cc2)c2ccccc21. The first-order valence-corrected chi connectivity index (χ1v) is 13.4. The van der Waals surface area contributed by atoms with Gasteiger partial charge >= 0.3 is 0 Å². The number of anilines is 1. The third-order valence-electron chi connectivity index (χ3n) is 6.75. The summed E-state index contributed by atoms with van der Waals surface area (Å²) in [4.78, 5) is 29.8. The summed E-state index contributed by atoms with van der Waals surface area (Å²) in [7, 11) is 0. The van der Waals surface area contributed by atoms with Gasteiger partial charge in [-0.05, 0) is 51.9 Å². The molecule has 0 saturated heterocycles. The van der Waals surface area contributed by atoms with E-state index in [1.165, 1.54) is 0 Å². The lowest BCUT2D eigenvalue weighted by molar-refractivity contribution is -0.139. The van der Waals surface area contributed by atoms with E-state index in [0.717, 1.165) is 14.7 Å². The van der Waals surface area contributed by atoms with Crippen LogP contribution in [0.4, 0.5) is 5.69 Å². The fraction of sp³-hybridized carbons (Fsp3) is 0.267. The van der Waals surface area contributed by atoms with E-state index in [1.54, 1.807) is 34.9 Å². The van der Waals surface area contributed by atoms with Crippen LogP contribution in [0, 0.1) is 9.49 Å². The van der Waals surface area contributed by atoms with Gasteiger partial charge in [-0.25, -0.2) is 0 Å². The number of fused-ring (bicyclic) bond motifs is 1. The molecule has 0 aromatic heterocycles. The quantitative estimate of drug-likeness (QED) is 0.259. The molecule has 0 spiro atoms. The van der Waals surface area contributed by atoms with Crippen LogP contribution in [-0.4, -0.2) is 40.1 Å². The summed E-state index contributed by atoms with van der Waals surface area (Å²) in [6.07, 6.45) is 3.55. The predicted octanol–water partition coefficient (Wildman–Crippen LogP) is 4.63. The van der Waals surface area contributed by atoms with Gasteiger partial charge in [0.15, 0.2) is 5.60 Å². The molecule has 4 rings (SSSR count). The van der Waals surface area contributed by atoms with Crippen LogP contribution in [0.25, 0.3) is 0 Å². The molecule has 3 aromatic carbocycles. The van der Waals surface area contributed by atoms with E-state index < -0.39 is 11.5 Å². The highest BCUT2D eigenvalue weighted by Gasteiger charge is 2.52. The summed E-state index contributed by atoms with van der Waals surface area (Å²) in [5.41, 5.74) is 1.50. The van der Waals surface area contributed by atoms with Gasteiger partial charge in [0.05, 0.1) is 18.8 Å². The van der Waals surface area contributed by atoms with Gasteiger partial charge in [0.1, 0.15) is 0 Å². The zero-order chi connectivity index (χ0) is 26.4. The molecule has 2 atom stereocenters. The topological polar surface area (TPSA) is 81.1 Å². The molecule has 3 aromatic rings. The van der Waals surface area contributed by atoms with Gasteiger partial charge < -0.3 is 20.0 Å². The number of amides is 2. The number of aliphatic hydroxyl groups is 2. The Morgan fingerprint density at radius 2 is 1.70 bits per heavy atom. The molecule has 6 nitrogen and oxygen atoms in total. The standard InChI is InChI=1S/C30H31IN2O4/c1-22(8-7-13-28(35)32(18-19-34)20-23-9-3-2-4-10-23)30(37)26-11-5-6-12-27(26)33(29(30)36)21-24-14-16-25(31)17-15-24/h2-12,14-17,22,34,37H,13,18-21H2,1H3/b8-7+/t22-,30+/m0/s1. The molecule has 2 amide bonds. The van der Waals surface area contributed by atoms with Crippen molar-refractivity contribution in [2.24, 2.45) is 5.92 Å². The van der Waals surface area contributed by atoms with Gasteiger partial charge in [0, 0.05) is 34.6 Å². The van der Waals surface area contributed by atoms with Crippen molar-refractivity contribution in [1.29, 1.82) is 0 Å². The highest BCUT2D eigenvalue weighted by Crippen LogP contribution is 2.45. The predicted molar refractivity (Wildman–Crippen MR) is 153 cm³/mol. The lowest BCUT2D eigenvalue weighted by atomic mass is 9.83. The maximum Gasteiger partial charge on any atom is 0.264 e. The van der Waals surface area contributed by atoms with Crippen molar-refractivity contribution in [2.45, 2.75) is 32.0 Å². The van der Waals surface area contributed by atoms with Crippen LogP contribution in [0.15, 0.2) is 91.0 Å². The van der Waals surface area contributed by atoms with Crippen LogP contribution in [0.1, 0.15) is 30.0 Å². The van der Waals surface area contributed by atoms with Gasteiger partial charge in [-0.15, -0.1) is 0 Å². The largest absolute Gasteiger partial charge is 0.395 e. The fourth-order valence-corrected chi connectivity index (χ4v) is 5.05. The summed E-state index contributed by atoms with van der Waals surface area (Å²) < 4.78 is 1.11. The monoisotopic (exact) mass is 610 g/mol. The summed E-state index contributed by atoms with van der Waals surface area (Å²) >= 11 is 2.24. The zero-order valence-electron chi connectivity index (χ0n) is 20.8. The molecule has 2 N–H and O–H groups in total. The molecular weight excluding hydrogens is 579 g/mol. The first-order valence-electron chi connectivity index (χ1n) is 12.3. The van der Waals surface area contributed by atoms with Crippen LogP contribution in [0.2, 0.25) is 0 Å². The molecule has 1 aliphatic heterocycles. The van der Waals surface area contributed by atoms with Gasteiger partial charge in [-0.2, -0.15) is 0 Å². The average molecular weight is 610 g/mol. The fourth-order valence-electron chi connectivity index (χ4n) is 4.69. The van der Waals surface area contributed by atoms with Crippen LogP contribution in [-0.2, 0) is 28.3 Å². The molecule has 0 radical (unpaired) electrons. The molecule has 37 heavy (non-hydrogen) atoms. The number of nitrogens with zero attached hydrogens (tertiary/aromatic N) is 2. The summed E-state index contributed by atoms with van der Waals surface area (Å²) in [6, 6.07) is 24.9. The van der Waals surface area contributed by atoms with E-state index in [4.69, 9.17) is 0 Å². The Morgan fingerprint density at radius 3 is 2.41 bits per heavy atom. The van der Waals surface area contributed by atoms with Crippen molar-refractivity contribution in [3.05, 3.63) is 111 Å². The van der Waals surface area contributed by atoms with Gasteiger partial charge in [0.2, 0.25) is 5.91 Å². The number of carbonyl (C=O) groups excluding carboxylic acids is 2. The van der Waals surface area contributed by atoms with Crippen molar-refractivity contribution < 1.29 is 19.8 Å². The molecule has 1 heterocycles. The molecule has 1 aliphatic rings. The Morgan fingerprint density at radius 1 is 1.03 bits per heavy atom. The second-order valence-corrected chi connectivity index (χ2v) is 10.5. The minimum absolute atomic E-state index is 0.107. The minimum atomic E-state index is -1.73. The molecule has 0 bridgehead atoms. The number of benzene rings is 3. The second kappa shape index (κ2) is 12.0. The van der Waals surface area contributed by atoms with Crippen molar-refractivity contribution in [3.8, 4) is 0 Å². The van der Waals surface area contributed by atoms with E-state index in [-0.39, 0.29) is 31.4 Å². The van der Waals surface area contributed by atoms with Gasteiger partial charge in [-0.3, -0.25) is 9.59 Å². The third-order valence-corrected chi connectivity index (χ3v) is 7.46.